The van der Waals surface area contributed by atoms with Crippen LogP contribution in [0.1, 0.15) is 45.7 Å². The number of amides is 1. The Hall–Kier alpha value is -1.55. The van der Waals surface area contributed by atoms with Gasteiger partial charge in [-0.25, -0.2) is 4.79 Å². The highest BCUT2D eigenvalue weighted by Gasteiger charge is 2.21. The SMILES string of the molecule is Cc1cc(C(C)(C)CO)ccc1NC(=O)OC(C)(C)C. The Balaban J connectivity index is 2.87. The average Bonchev–Trinajstić information content (AvgIpc) is 2.29. The number of benzene rings is 1. The normalized spacial score (nSPS) is 12.2. The molecule has 0 bridgehead atoms. The van der Waals surface area contributed by atoms with E-state index in [2.05, 4.69) is 5.32 Å². The topological polar surface area (TPSA) is 58.6 Å². The van der Waals surface area contributed by atoms with E-state index >= 15 is 0 Å². The van der Waals surface area contributed by atoms with Gasteiger partial charge in [-0.3, -0.25) is 5.32 Å². The van der Waals surface area contributed by atoms with Crippen molar-refractivity contribution in [2.24, 2.45) is 0 Å². The Bertz CT molecular complexity index is 487. The molecular formula is C16H25NO3. The minimum absolute atomic E-state index is 0.0747. The van der Waals surface area contributed by atoms with Crippen LogP contribution in [0.15, 0.2) is 18.2 Å². The molecule has 0 radical (unpaired) electrons. The standard InChI is InChI=1S/C16H25NO3/c1-11-9-12(16(5,6)10-18)7-8-13(11)17-14(19)20-15(2,3)4/h7-9,18H,10H2,1-6H3,(H,17,19). The summed E-state index contributed by atoms with van der Waals surface area (Å²) in [6.07, 6.45) is -0.463. The number of aliphatic hydroxyl groups excluding tert-OH is 1. The van der Waals surface area contributed by atoms with Crippen LogP contribution in [0.2, 0.25) is 0 Å². The van der Waals surface area contributed by atoms with Gasteiger partial charge in [-0.1, -0.05) is 26.0 Å². The fourth-order valence-corrected chi connectivity index (χ4v) is 1.73. The minimum atomic E-state index is -0.517. The van der Waals surface area contributed by atoms with Gasteiger partial charge in [0.15, 0.2) is 0 Å². The summed E-state index contributed by atoms with van der Waals surface area (Å²) < 4.78 is 5.23. The first-order chi connectivity index (χ1) is 9.05. The van der Waals surface area contributed by atoms with Crippen LogP contribution in [0.5, 0.6) is 0 Å². The van der Waals surface area contributed by atoms with Crippen molar-refractivity contribution in [3.8, 4) is 0 Å². The Morgan fingerprint density at radius 3 is 2.30 bits per heavy atom. The van der Waals surface area contributed by atoms with Crippen molar-refractivity contribution in [3.05, 3.63) is 29.3 Å². The van der Waals surface area contributed by atoms with Crippen LogP contribution in [-0.2, 0) is 10.2 Å². The van der Waals surface area contributed by atoms with E-state index in [1.165, 1.54) is 0 Å². The summed E-state index contributed by atoms with van der Waals surface area (Å²) in [4.78, 5) is 11.7. The molecule has 1 aromatic rings. The maximum atomic E-state index is 11.7. The van der Waals surface area contributed by atoms with Gasteiger partial charge in [-0.15, -0.1) is 0 Å². The van der Waals surface area contributed by atoms with Crippen LogP contribution in [0.4, 0.5) is 10.5 Å². The van der Waals surface area contributed by atoms with E-state index in [1.807, 2.05) is 59.7 Å². The largest absolute Gasteiger partial charge is 0.444 e. The Kier molecular flexibility index (Phi) is 4.81. The lowest BCUT2D eigenvalue weighted by atomic mass is 9.84. The first-order valence-electron chi connectivity index (χ1n) is 6.77. The van der Waals surface area contributed by atoms with Crippen molar-refractivity contribution in [1.29, 1.82) is 0 Å². The zero-order chi connectivity index (χ0) is 15.6. The third-order valence-electron chi connectivity index (χ3n) is 3.04. The average molecular weight is 279 g/mol. The molecule has 1 amide bonds. The zero-order valence-electron chi connectivity index (χ0n) is 13.2. The van der Waals surface area contributed by atoms with Crippen molar-refractivity contribution in [2.45, 2.75) is 52.6 Å². The molecule has 0 aliphatic heterocycles. The van der Waals surface area contributed by atoms with Gasteiger partial charge in [0, 0.05) is 11.1 Å². The lowest BCUT2D eigenvalue weighted by molar-refractivity contribution is 0.0636. The predicted molar refractivity (Wildman–Crippen MR) is 81.1 cm³/mol. The highest BCUT2D eigenvalue weighted by molar-refractivity contribution is 5.86. The number of rotatable bonds is 3. The van der Waals surface area contributed by atoms with Crippen LogP contribution < -0.4 is 5.32 Å². The van der Waals surface area contributed by atoms with Gasteiger partial charge >= 0.3 is 6.09 Å². The Labute approximate surface area is 121 Å². The van der Waals surface area contributed by atoms with E-state index in [-0.39, 0.29) is 12.0 Å². The van der Waals surface area contributed by atoms with Crippen molar-refractivity contribution in [1.82, 2.24) is 0 Å². The maximum Gasteiger partial charge on any atom is 0.412 e. The number of nitrogens with one attached hydrogen (secondary N) is 1. The Morgan fingerprint density at radius 2 is 1.85 bits per heavy atom. The van der Waals surface area contributed by atoms with Crippen LogP contribution in [-0.4, -0.2) is 23.4 Å². The van der Waals surface area contributed by atoms with E-state index in [4.69, 9.17) is 4.74 Å². The molecule has 1 rings (SSSR count). The summed E-state index contributed by atoms with van der Waals surface area (Å²) in [5.41, 5.74) is 1.88. The summed E-state index contributed by atoms with van der Waals surface area (Å²) in [7, 11) is 0. The van der Waals surface area contributed by atoms with Crippen molar-refractivity contribution >= 4 is 11.8 Å². The van der Waals surface area contributed by atoms with E-state index in [0.29, 0.717) is 0 Å². The van der Waals surface area contributed by atoms with Crippen LogP contribution in [0, 0.1) is 6.92 Å². The van der Waals surface area contributed by atoms with E-state index in [9.17, 15) is 9.90 Å². The number of anilines is 1. The molecule has 0 saturated heterocycles. The molecule has 0 atom stereocenters. The molecule has 112 valence electrons. The first-order valence-corrected chi connectivity index (χ1v) is 6.77. The van der Waals surface area contributed by atoms with E-state index in [0.717, 1.165) is 16.8 Å². The number of aliphatic hydroxyl groups is 1. The van der Waals surface area contributed by atoms with Gasteiger partial charge in [0.1, 0.15) is 5.60 Å². The first kappa shape index (κ1) is 16.5. The molecule has 20 heavy (non-hydrogen) atoms. The zero-order valence-corrected chi connectivity index (χ0v) is 13.2. The molecule has 0 spiro atoms. The number of aryl methyl sites for hydroxylation is 1. The molecule has 4 heteroatoms. The predicted octanol–water partition coefficient (Wildman–Crippen LogP) is 3.61. The number of carbonyl (C=O) groups is 1. The molecule has 0 unspecified atom stereocenters. The summed E-state index contributed by atoms with van der Waals surface area (Å²) in [6.45, 7) is 11.4. The summed E-state index contributed by atoms with van der Waals surface area (Å²) >= 11 is 0. The highest BCUT2D eigenvalue weighted by Crippen LogP contribution is 2.26. The fourth-order valence-electron chi connectivity index (χ4n) is 1.73. The van der Waals surface area contributed by atoms with Gasteiger partial charge in [0.05, 0.1) is 6.61 Å². The molecule has 4 nitrogen and oxygen atoms in total. The van der Waals surface area contributed by atoms with Crippen molar-refractivity contribution in [3.63, 3.8) is 0 Å². The number of hydrogen-bond donors (Lipinski definition) is 2. The molecule has 2 N–H and O–H groups in total. The second-order valence-corrected chi connectivity index (χ2v) is 6.70. The molecule has 1 aromatic carbocycles. The van der Waals surface area contributed by atoms with Gasteiger partial charge in [0.2, 0.25) is 0 Å². The lowest BCUT2D eigenvalue weighted by Gasteiger charge is -2.24. The maximum absolute atomic E-state index is 11.7. The lowest BCUT2D eigenvalue weighted by Crippen LogP contribution is -2.27. The second kappa shape index (κ2) is 5.83. The summed E-state index contributed by atoms with van der Waals surface area (Å²) in [5, 5.41) is 12.1. The number of hydrogen-bond acceptors (Lipinski definition) is 3. The number of carbonyl (C=O) groups excluding carboxylic acids is 1. The minimum Gasteiger partial charge on any atom is -0.444 e. The number of ether oxygens (including phenoxy) is 1. The van der Waals surface area contributed by atoms with E-state index < -0.39 is 11.7 Å². The third-order valence-corrected chi connectivity index (χ3v) is 3.04. The third kappa shape index (κ3) is 4.53. The summed E-state index contributed by atoms with van der Waals surface area (Å²) in [6, 6.07) is 5.73. The van der Waals surface area contributed by atoms with Gasteiger partial charge < -0.3 is 9.84 Å². The molecule has 0 aliphatic carbocycles. The molecule has 0 saturated carbocycles. The van der Waals surface area contributed by atoms with Gasteiger partial charge in [0.25, 0.3) is 0 Å². The second-order valence-electron chi connectivity index (χ2n) is 6.70. The fraction of sp³-hybridized carbons (Fsp3) is 0.562. The monoisotopic (exact) mass is 279 g/mol. The van der Waals surface area contributed by atoms with E-state index in [1.54, 1.807) is 0 Å². The van der Waals surface area contributed by atoms with Crippen LogP contribution in [0.3, 0.4) is 0 Å². The summed E-state index contributed by atoms with van der Waals surface area (Å²) in [5.74, 6) is 0. The molecule has 0 aliphatic rings. The van der Waals surface area contributed by atoms with Crippen LogP contribution >= 0.6 is 0 Å². The van der Waals surface area contributed by atoms with Crippen molar-refractivity contribution in [2.75, 3.05) is 11.9 Å². The molecular weight excluding hydrogens is 254 g/mol. The highest BCUT2D eigenvalue weighted by atomic mass is 16.6. The molecule has 0 heterocycles. The quantitative estimate of drug-likeness (QED) is 0.888. The van der Waals surface area contributed by atoms with Gasteiger partial charge in [-0.05, 0) is 44.9 Å². The smallest absolute Gasteiger partial charge is 0.412 e. The van der Waals surface area contributed by atoms with Gasteiger partial charge in [-0.2, -0.15) is 0 Å². The molecule has 0 fully saturated rings. The van der Waals surface area contributed by atoms with Crippen molar-refractivity contribution < 1.29 is 14.6 Å². The Morgan fingerprint density at radius 1 is 1.25 bits per heavy atom. The van der Waals surface area contributed by atoms with Crippen LogP contribution in [0.25, 0.3) is 0 Å². The molecule has 0 aromatic heterocycles.